The van der Waals surface area contributed by atoms with Gasteiger partial charge in [-0.25, -0.2) is 17.1 Å². The maximum absolute atomic E-state index is 12.9. The van der Waals surface area contributed by atoms with Crippen LogP contribution in [0.15, 0.2) is 29.2 Å². The van der Waals surface area contributed by atoms with E-state index in [1.807, 2.05) is 0 Å². The van der Waals surface area contributed by atoms with Gasteiger partial charge >= 0.3 is 0 Å². The van der Waals surface area contributed by atoms with Crippen molar-refractivity contribution >= 4 is 15.9 Å². The molecule has 0 aliphatic heterocycles. The summed E-state index contributed by atoms with van der Waals surface area (Å²) in [5.74, 6) is 0.146. The van der Waals surface area contributed by atoms with E-state index in [4.69, 9.17) is 0 Å². The Morgan fingerprint density at radius 1 is 1.28 bits per heavy atom. The molecule has 1 aromatic carbocycles. The van der Waals surface area contributed by atoms with Crippen molar-refractivity contribution < 1.29 is 17.6 Å². The lowest BCUT2D eigenvalue weighted by Crippen LogP contribution is -2.38. The van der Waals surface area contributed by atoms with Crippen LogP contribution in [0.25, 0.3) is 0 Å². The van der Waals surface area contributed by atoms with E-state index in [0.29, 0.717) is 18.8 Å². The van der Waals surface area contributed by atoms with Crippen molar-refractivity contribution in [2.45, 2.75) is 56.4 Å². The molecule has 1 aliphatic carbocycles. The minimum Gasteiger partial charge on any atom is -0.353 e. The third-order valence-corrected chi connectivity index (χ3v) is 6.57. The molecule has 25 heavy (non-hydrogen) atoms. The van der Waals surface area contributed by atoms with Crippen molar-refractivity contribution in [1.29, 1.82) is 0 Å². The van der Waals surface area contributed by atoms with Crippen LogP contribution in [0.1, 0.15) is 45.4 Å². The monoisotopic (exact) mass is 370 g/mol. The number of hydrogen-bond acceptors (Lipinski definition) is 3. The second-order valence-corrected chi connectivity index (χ2v) is 8.97. The number of halogens is 1. The average molecular weight is 370 g/mol. The van der Waals surface area contributed by atoms with E-state index < -0.39 is 15.8 Å². The van der Waals surface area contributed by atoms with Crippen molar-refractivity contribution in [2.75, 3.05) is 13.6 Å². The number of rotatable bonds is 7. The molecule has 7 heteroatoms. The second-order valence-electron chi connectivity index (χ2n) is 6.92. The van der Waals surface area contributed by atoms with Gasteiger partial charge in [0.25, 0.3) is 0 Å². The topological polar surface area (TPSA) is 66.5 Å². The van der Waals surface area contributed by atoms with E-state index in [-0.39, 0.29) is 23.4 Å². The molecule has 0 saturated heterocycles. The Kier molecular flexibility index (Phi) is 6.95. The maximum Gasteiger partial charge on any atom is 0.242 e. The fraction of sp³-hybridized carbons (Fsp3) is 0.611. The Morgan fingerprint density at radius 3 is 2.60 bits per heavy atom. The minimum absolute atomic E-state index is 0.0216. The summed E-state index contributed by atoms with van der Waals surface area (Å²) in [4.78, 5) is 12.1. The third-order valence-electron chi connectivity index (χ3n) is 4.70. The molecule has 1 aromatic rings. The Hall–Kier alpha value is -1.47. The molecule has 1 fully saturated rings. The molecule has 2 atom stereocenters. The summed E-state index contributed by atoms with van der Waals surface area (Å²) in [5.41, 5.74) is 0. The molecule has 1 saturated carbocycles. The van der Waals surface area contributed by atoms with Crippen LogP contribution in [-0.2, 0) is 14.8 Å². The SMILES string of the molecule is CC1CCCC(NC(=O)CCCN(C)S(=O)(=O)c2ccc(F)cc2)C1. The van der Waals surface area contributed by atoms with E-state index in [1.54, 1.807) is 0 Å². The molecule has 0 spiro atoms. The van der Waals surface area contributed by atoms with Gasteiger partial charge in [-0.1, -0.05) is 19.8 Å². The normalized spacial score (nSPS) is 21.3. The highest BCUT2D eigenvalue weighted by molar-refractivity contribution is 7.89. The summed E-state index contributed by atoms with van der Waals surface area (Å²) < 4.78 is 38.9. The van der Waals surface area contributed by atoms with Crippen molar-refractivity contribution in [2.24, 2.45) is 5.92 Å². The first-order valence-electron chi connectivity index (χ1n) is 8.80. The first-order chi connectivity index (χ1) is 11.8. The van der Waals surface area contributed by atoms with Crippen LogP contribution in [0.3, 0.4) is 0 Å². The zero-order valence-corrected chi connectivity index (χ0v) is 15.7. The summed E-state index contributed by atoms with van der Waals surface area (Å²) in [6.45, 7) is 2.45. The predicted octanol–water partition coefficient (Wildman–Crippen LogP) is 2.92. The van der Waals surface area contributed by atoms with Gasteiger partial charge in [0.05, 0.1) is 4.90 Å². The molecule has 1 amide bonds. The van der Waals surface area contributed by atoms with Crippen molar-refractivity contribution in [1.82, 2.24) is 9.62 Å². The number of carbonyl (C=O) groups excluding carboxylic acids is 1. The summed E-state index contributed by atoms with van der Waals surface area (Å²) >= 11 is 0. The fourth-order valence-electron chi connectivity index (χ4n) is 3.23. The smallest absolute Gasteiger partial charge is 0.242 e. The molecule has 5 nitrogen and oxygen atoms in total. The fourth-order valence-corrected chi connectivity index (χ4v) is 4.44. The highest BCUT2D eigenvalue weighted by Gasteiger charge is 2.22. The first-order valence-corrected chi connectivity index (χ1v) is 10.2. The Labute approximate surface area is 149 Å². The van der Waals surface area contributed by atoms with Gasteiger partial charge in [0.15, 0.2) is 0 Å². The average Bonchev–Trinajstić information content (AvgIpc) is 2.55. The molecule has 2 unspecified atom stereocenters. The quantitative estimate of drug-likeness (QED) is 0.802. The molecule has 1 N–H and O–H groups in total. The Bertz CT molecular complexity index is 676. The maximum atomic E-state index is 12.9. The number of hydrogen-bond donors (Lipinski definition) is 1. The summed E-state index contributed by atoms with van der Waals surface area (Å²) in [6.07, 6.45) is 5.15. The standard InChI is InChI=1S/C18H27FN2O3S/c1-14-5-3-6-16(13-14)20-18(22)7-4-12-21(2)25(23,24)17-10-8-15(19)9-11-17/h8-11,14,16H,3-7,12-13H2,1-2H3,(H,20,22). The minimum atomic E-state index is -3.65. The first kappa shape index (κ1) is 19.8. The van der Waals surface area contributed by atoms with Gasteiger partial charge in [-0.2, -0.15) is 0 Å². The lowest BCUT2D eigenvalue weighted by molar-refractivity contribution is -0.122. The predicted molar refractivity (Wildman–Crippen MR) is 95.0 cm³/mol. The molecule has 2 rings (SSSR count). The summed E-state index contributed by atoms with van der Waals surface area (Å²) in [6, 6.07) is 4.99. The van der Waals surface area contributed by atoms with Gasteiger partial charge < -0.3 is 5.32 Å². The molecule has 0 aromatic heterocycles. The lowest BCUT2D eigenvalue weighted by Gasteiger charge is -2.27. The third kappa shape index (κ3) is 5.78. The zero-order valence-electron chi connectivity index (χ0n) is 14.9. The Balaban J connectivity index is 1.78. The Morgan fingerprint density at radius 2 is 1.96 bits per heavy atom. The van der Waals surface area contributed by atoms with Crippen LogP contribution in [-0.4, -0.2) is 38.3 Å². The van der Waals surface area contributed by atoms with Gasteiger partial charge in [0.2, 0.25) is 15.9 Å². The van der Waals surface area contributed by atoms with Crippen LogP contribution in [0.4, 0.5) is 4.39 Å². The molecule has 1 aliphatic rings. The van der Waals surface area contributed by atoms with Crippen molar-refractivity contribution in [3.8, 4) is 0 Å². The summed E-state index contributed by atoms with van der Waals surface area (Å²) in [7, 11) is -2.18. The van der Waals surface area contributed by atoms with Crippen LogP contribution in [0, 0.1) is 11.7 Å². The number of benzene rings is 1. The number of sulfonamides is 1. The van der Waals surface area contributed by atoms with Crippen molar-refractivity contribution in [3.05, 3.63) is 30.1 Å². The molecule has 140 valence electrons. The van der Waals surface area contributed by atoms with Gasteiger partial charge in [0.1, 0.15) is 5.82 Å². The van der Waals surface area contributed by atoms with Crippen molar-refractivity contribution in [3.63, 3.8) is 0 Å². The van der Waals surface area contributed by atoms with Crippen LogP contribution in [0.2, 0.25) is 0 Å². The van der Waals surface area contributed by atoms with E-state index in [2.05, 4.69) is 12.2 Å². The van der Waals surface area contributed by atoms with Crippen LogP contribution >= 0.6 is 0 Å². The number of amides is 1. The number of carbonyl (C=O) groups is 1. The van der Waals surface area contributed by atoms with Gasteiger partial charge in [-0.15, -0.1) is 0 Å². The van der Waals surface area contributed by atoms with Crippen LogP contribution in [0.5, 0.6) is 0 Å². The van der Waals surface area contributed by atoms with Gasteiger partial charge in [-0.05, 0) is 49.4 Å². The molecule has 0 heterocycles. The number of nitrogens with one attached hydrogen (secondary N) is 1. The zero-order chi connectivity index (χ0) is 18.4. The highest BCUT2D eigenvalue weighted by Crippen LogP contribution is 2.23. The molecular formula is C18H27FN2O3S. The highest BCUT2D eigenvalue weighted by atomic mass is 32.2. The molecule has 0 radical (unpaired) electrons. The summed E-state index contributed by atoms with van der Waals surface area (Å²) in [5, 5.41) is 3.05. The van der Waals surface area contributed by atoms with E-state index in [0.717, 1.165) is 31.4 Å². The molecular weight excluding hydrogens is 343 g/mol. The lowest BCUT2D eigenvalue weighted by atomic mass is 9.87. The van der Waals surface area contributed by atoms with E-state index >= 15 is 0 Å². The van der Waals surface area contributed by atoms with Gasteiger partial charge in [-0.3, -0.25) is 4.79 Å². The largest absolute Gasteiger partial charge is 0.353 e. The molecule has 0 bridgehead atoms. The van der Waals surface area contributed by atoms with E-state index in [1.165, 1.54) is 29.9 Å². The second kappa shape index (κ2) is 8.76. The number of nitrogens with zero attached hydrogens (tertiary/aromatic N) is 1. The van der Waals surface area contributed by atoms with Gasteiger partial charge in [0, 0.05) is 26.1 Å². The van der Waals surface area contributed by atoms with E-state index in [9.17, 15) is 17.6 Å². The van der Waals surface area contributed by atoms with Crippen LogP contribution < -0.4 is 5.32 Å².